The third-order valence-corrected chi connectivity index (χ3v) is 2.39. The van der Waals surface area contributed by atoms with Gasteiger partial charge >= 0.3 is 0 Å². The van der Waals surface area contributed by atoms with E-state index in [2.05, 4.69) is 6.07 Å². The number of nitriles is 2. The van der Waals surface area contributed by atoms with Crippen LogP contribution in [0, 0.1) is 22.7 Å². The molecule has 0 bridgehead atoms. The van der Waals surface area contributed by atoms with E-state index < -0.39 is 0 Å². The van der Waals surface area contributed by atoms with Crippen LogP contribution < -0.4 is 0 Å². The van der Waals surface area contributed by atoms with Gasteiger partial charge in [-0.15, -0.1) is 0 Å². The Labute approximate surface area is 108 Å². The van der Waals surface area contributed by atoms with Crippen molar-refractivity contribution in [3.05, 3.63) is 71.8 Å². The first-order valence-electron chi connectivity index (χ1n) is 5.63. The molecule has 88 valence electrons. The van der Waals surface area contributed by atoms with Crippen LogP contribution in [0.25, 0.3) is 0 Å². The van der Waals surface area contributed by atoms with E-state index in [1.165, 1.54) is 6.92 Å². The second kappa shape index (κ2) is 7.65. The Balaban J connectivity index is 0.000000492. The summed E-state index contributed by atoms with van der Waals surface area (Å²) in [5.74, 6) is -0.160. The third-order valence-electron chi connectivity index (χ3n) is 2.39. The van der Waals surface area contributed by atoms with E-state index in [4.69, 9.17) is 5.26 Å². The molecule has 0 saturated carbocycles. The zero-order chi connectivity index (χ0) is 13.2. The number of nitrogens with zero attached hydrogens (tertiary/aromatic N) is 2. The largest absolute Gasteiger partial charge is 0.199 e. The molecule has 2 aromatic carbocycles. The first-order chi connectivity index (χ1) is 8.83. The van der Waals surface area contributed by atoms with Crippen LogP contribution in [0.4, 0.5) is 0 Å². The molecule has 0 aromatic heterocycles. The summed E-state index contributed by atoms with van der Waals surface area (Å²) in [5, 5.41) is 16.5. The average molecular weight is 234 g/mol. The SMILES string of the molecule is CC#N.N#CC(c1ccccc1)c1ccccc1. The van der Waals surface area contributed by atoms with Gasteiger partial charge in [0, 0.05) is 6.92 Å². The molecule has 0 saturated heterocycles. The Kier molecular flexibility index (Phi) is 5.73. The molecule has 0 amide bonds. The van der Waals surface area contributed by atoms with E-state index in [-0.39, 0.29) is 5.92 Å². The van der Waals surface area contributed by atoms with E-state index in [0.29, 0.717) is 0 Å². The Morgan fingerprint density at radius 3 is 1.39 bits per heavy atom. The maximum atomic E-state index is 9.18. The Morgan fingerprint density at radius 2 is 1.11 bits per heavy atom. The first kappa shape index (κ1) is 13.5. The van der Waals surface area contributed by atoms with Crippen molar-refractivity contribution in [1.29, 1.82) is 10.5 Å². The standard InChI is InChI=1S/C14H11N.C2H3N/c15-11-14(12-7-3-1-4-8-12)13-9-5-2-6-10-13;1-2-3/h1-10,14H;1H3. The van der Waals surface area contributed by atoms with Crippen molar-refractivity contribution in [1.82, 2.24) is 0 Å². The van der Waals surface area contributed by atoms with Crippen LogP contribution in [-0.4, -0.2) is 0 Å². The van der Waals surface area contributed by atoms with Gasteiger partial charge in [0.05, 0.1) is 18.1 Å². The van der Waals surface area contributed by atoms with Gasteiger partial charge in [0.1, 0.15) is 0 Å². The third kappa shape index (κ3) is 3.77. The number of rotatable bonds is 2. The van der Waals surface area contributed by atoms with Gasteiger partial charge in [0.15, 0.2) is 0 Å². The maximum Gasteiger partial charge on any atom is 0.0962 e. The smallest absolute Gasteiger partial charge is 0.0962 e. The van der Waals surface area contributed by atoms with Gasteiger partial charge in [0.2, 0.25) is 0 Å². The highest BCUT2D eigenvalue weighted by atomic mass is 14.3. The Hall–Kier alpha value is -2.58. The Morgan fingerprint density at radius 1 is 0.778 bits per heavy atom. The van der Waals surface area contributed by atoms with Crippen molar-refractivity contribution >= 4 is 0 Å². The van der Waals surface area contributed by atoms with Crippen molar-refractivity contribution in [2.45, 2.75) is 12.8 Å². The lowest BCUT2D eigenvalue weighted by atomic mass is 9.93. The summed E-state index contributed by atoms with van der Waals surface area (Å²) in [6.45, 7) is 1.43. The number of hydrogen-bond acceptors (Lipinski definition) is 2. The van der Waals surface area contributed by atoms with Gasteiger partial charge in [-0.1, -0.05) is 60.7 Å². The first-order valence-corrected chi connectivity index (χ1v) is 5.63. The highest BCUT2D eigenvalue weighted by Gasteiger charge is 2.11. The summed E-state index contributed by atoms with van der Waals surface area (Å²) in [6.07, 6.45) is 0. The van der Waals surface area contributed by atoms with Gasteiger partial charge in [0.25, 0.3) is 0 Å². The summed E-state index contributed by atoms with van der Waals surface area (Å²) >= 11 is 0. The quantitative estimate of drug-likeness (QED) is 0.791. The molecule has 0 aliphatic carbocycles. The van der Waals surface area contributed by atoms with Crippen molar-refractivity contribution < 1.29 is 0 Å². The average Bonchev–Trinajstić information content (AvgIpc) is 2.43. The highest BCUT2D eigenvalue weighted by molar-refractivity contribution is 5.37. The van der Waals surface area contributed by atoms with Gasteiger partial charge in [-0.2, -0.15) is 10.5 Å². The minimum absolute atomic E-state index is 0.160. The molecule has 0 aliphatic heterocycles. The van der Waals surface area contributed by atoms with Crippen LogP contribution >= 0.6 is 0 Å². The van der Waals surface area contributed by atoms with Crippen molar-refractivity contribution in [2.75, 3.05) is 0 Å². The second-order valence-electron chi connectivity index (χ2n) is 3.61. The lowest BCUT2D eigenvalue weighted by Crippen LogP contribution is -1.96. The zero-order valence-electron chi connectivity index (χ0n) is 10.2. The zero-order valence-corrected chi connectivity index (χ0v) is 10.2. The maximum absolute atomic E-state index is 9.18. The van der Waals surface area contributed by atoms with Gasteiger partial charge in [-0.25, -0.2) is 0 Å². The molecule has 0 aliphatic rings. The van der Waals surface area contributed by atoms with Gasteiger partial charge in [-0.05, 0) is 11.1 Å². The van der Waals surface area contributed by atoms with Crippen molar-refractivity contribution in [3.8, 4) is 12.1 Å². The van der Waals surface area contributed by atoms with Crippen molar-refractivity contribution in [2.24, 2.45) is 0 Å². The molecule has 2 nitrogen and oxygen atoms in total. The lowest BCUT2D eigenvalue weighted by molar-refractivity contribution is 1.04. The molecule has 0 fully saturated rings. The van der Waals surface area contributed by atoms with Crippen LogP contribution in [0.3, 0.4) is 0 Å². The molecular formula is C16H14N2. The summed E-state index contributed by atoms with van der Waals surface area (Å²) in [7, 11) is 0. The molecular weight excluding hydrogens is 220 g/mol. The van der Waals surface area contributed by atoms with Crippen LogP contribution in [-0.2, 0) is 0 Å². The summed E-state index contributed by atoms with van der Waals surface area (Å²) < 4.78 is 0. The topological polar surface area (TPSA) is 47.6 Å². The van der Waals surface area contributed by atoms with Crippen LogP contribution in [0.5, 0.6) is 0 Å². The predicted octanol–water partition coefficient (Wildman–Crippen LogP) is 3.87. The van der Waals surface area contributed by atoms with Gasteiger partial charge in [-0.3, -0.25) is 0 Å². The van der Waals surface area contributed by atoms with Crippen LogP contribution in [0.1, 0.15) is 24.0 Å². The molecule has 0 unspecified atom stereocenters. The lowest BCUT2D eigenvalue weighted by Gasteiger charge is -2.08. The second-order valence-corrected chi connectivity index (χ2v) is 3.61. The van der Waals surface area contributed by atoms with E-state index in [1.54, 1.807) is 6.07 Å². The molecule has 18 heavy (non-hydrogen) atoms. The molecule has 0 spiro atoms. The number of hydrogen-bond donors (Lipinski definition) is 0. The molecule has 2 heteroatoms. The summed E-state index contributed by atoms with van der Waals surface area (Å²) in [4.78, 5) is 0. The molecule has 2 rings (SSSR count). The molecule has 0 N–H and O–H groups in total. The monoisotopic (exact) mass is 234 g/mol. The van der Waals surface area contributed by atoms with Crippen molar-refractivity contribution in [3.63, 3.8) is 0 Å². The van der Waals surface area contributed by atoms with E-state index in [1.807, 2.05) is 60.7 Å². The summed E-state index contributed by atoms with van der Waals surface area (Å²) in [5.41, 5.74) is 2.09. The highest BCUT2D eigenvalue weighted by Crippen LogP contribution is 2.22. The fraction of sp³-hybridized carbons (Fsp3) is 0.125. The minimum atomic E-state index is -0.160. The predicted molar refractivity (Wildman–Crippen MR) is 71.6 cm³/mol. The van der Waals surface area contributed by atoms with Crippen LogP contribution in [0.15, 0.2) is 60.7 Å². The van der Waals surface area contributed by atoms with Crippen LogP contribution in [0.2, 0.25) is 0 Å². The molecule has 0 radical (unpaired) electrons. The van der Waals surface area contributed by atoms with E-state index >= 15 is 0 Å². The normalized spacial score (nSPS) is 8.67. The van der Waals surface area contributed by atoms with Gasteiger partial charge < -0.3 is 0 Å². The molecule has 2 aromatic rings. The van der Waals surface area contributed by atoms with E-state index in [9.17, 15) is 5.26 Å². The molecule has 0 heterocycles. The number of benzene rings is 2. The fourth-order valence-electron chi connectivity index (χ4n) is 1.63. The van der Waals surface area contributed by atoms with E-state index in [0.717, 1.165) is 11.1 Å². The molecule has 0 atom stereocenters. The fourth-order valence-corrected chi connectivity index (χ4v) is 1.63. The summed E-state index contributed by atoms with van der Waals surface area (Å²) in [6, 6.07) is 23.8. The Bertz CT molecular complexity index is 493. The minimum Gasteiger partial charge on any atom is -0.199 e.